The Hall–Kier alpha value is -0.910. The molecule has 0 fully saturated rings. The van der Waals surface area contributed by atoms with Crippen molar-refractivity contribution in [3.05, 3.63) is 52.2 Å². The van der Waals surface area contributed by atoms with Crippen molar-refractivity contribution in [2.75, 3.05) is 0 Å². The molecule has 1 aromatic heterocycles. The van der Waals surface area contributed by atoms with Crippen LogP contribution in [0.2, 0.25) is 0 Å². The van der Waals surface area contributed by atoms with Crippen LogP contribution in [0, 0.1) is 11.6 Å². The number of rotatable bonds is 4. The Morgan fingerprint density at radius 2 is 2.06 bits per heavy atom. The van der Waals surface area contributed by atoms with Crippen molar-refractivity contribution < 1.29 is 8.78 Å². The van der Waals surface area contributed by atoms with Crippen molar-refractivity contribution in [2.24, 2.45) is 5.73 Å². The second-order valence-electron chi connectivity index (χ2n) is 3.99. The van der Waals surface area contributed by atoms with E-state index in [4.69, 9.17) is 5.73 Å². The summed E-state index contributed by atoms with van der Waals surface area (Å²) in [5.41, 5.74) is 5.94. The standard InChI is InChI=1S/C13H13F2NS2/c1-8(16)13(12-3-2-6-17-12)18-11-5-4-9(14)7-10(11)15/h2-8,13H,16H2,1H3. The molecule has 0 aliphatic rings. The van der Waals surface area contributed by atoms with Crippen LogP contribution in [-0.2, 0) is 0 Å². The van der Waals surface area contributed by atoms with Crippen LogP contribution < -0.4 is 5.73 Å². The summed E-state index contributed by atoms with van der Waals surface area (Å²) >= 11 is 2.92. The zero-order chi connectivity index (χ0) is 13.1. The smallest absolute Gasteiger partial charge is 0.139 e. The van der Waals surface area contributed by atoms with Gasteiger partial charge in [0.1, 0.15) is 11.6 Å². The van der Waals surface area contributed by atoms with Crippen LogP contribution >= 0.6 is 23.1 Å². The highest BCUT2D eigenvalue weighted by Crippen LogP contribution is 2.40. The molecule has 2 unspecified atom stereocenters. The summed E-state index contributed by atoms with van der Waals surface area (Å²) in [6.45, 7) is 1.89. The summed E-state index contributed by atoms with van der Waals surface area (Å²) in [5, 5.41) is 1.94. The monoisotopic (exact) mass is 285 g/mol. The predicted molar refractivity (Wildman–Crippen MR) is 72.9 cm³/mol. The Morgan fingerprint density at radius 3 is 2.61 bits per heavy atom. The largest absolute Gasteiger partial charge is 0.327 e. The van der Waals surface area contributed by atoms with Crippen LogP contribution in [0.25, 0.3) is 0 Å². The lowest BCUT2D eigenvalue weighted by molar-refractivity contribution is 0.565. The van der Waals surface area contributed by atoms with E-state index in [9.17, 15) is 8.78 Å². The molecular weight excluding hydrogens is 272 g/mol. The molecule has 1 nitrogen and oxygen atoms in total. The average molecular weight is 285 g/mol. The Labute approximate surface area is 113 Å². The maximum atomic E-state index is 13.6. The molecular formula is C13H13F2NS2. The second-order valence-corrected chi connectivity index (χ2v) is 6.15. The number of benzene rings is 1. The van der Waals surface area contributed by atoms with Crippen LogP contribution in [0.5, 0.6) is 0 Å². The summed E-state index contributed by atoms with van der Waals surface area (Å²) in [7, 11) is 0. The normalized spacial score (nSPS) is 14.4. The van der Waals surface area contributed by atoms with E-state index in [0.29, 0.717) is 4.90 Å². The molecule has 0 aliphatic carbocycles. The predicted octanol–water partition coefficient (Wildman–Crippen LogP) is 4.21. The van der Waals surface area contributed by atoms with Crippen LogP contribution in [0.4, 0.5) is 8.78 Å². The topological polar surface area (TPSA) is 26.0 Å². The van der Waals surface area contributed by atoms with E-state index >= 15 is 0 Å². The van der Waals surface area contributed by atoms with Gasteiger partial charge in [0.25, 0.3) is 0 Å². The van der Waals surface area contributed by atoms with Gasteiger partial charge < -0.3 is 5.73 Å². The van der Waals surface area contributed by atoms with Gasteiger partial charge in [-0.3, -0.25) is 0 Å². The van der Waals surface area contributed by atoms with Gasteiger partial charge in [0.2, 0.25) is 0 Å². The Bertz CT molecular complexity index is 512. The third-order valence-electron chi connectivity index (χ3n) is 2.45. The Kier molecular flexibility index (Phi) is 4.37. The van der Waals surface area contributed by atoms with E-state index in [1.807, 2.05) is 24.4 Å². The van der Waals surface area contributed by atoms with E-state index in [2.05, 4.69) is 0 Å². The van der Waals surface area contributed by atoms with Crippen LogP contribution in [0.3, 0.4) is 0 Å². The highest BCUT2D eigenvalue weighted by molar-refractivity contribution is 7.99. The fourth-order valence-electron chi connectivity index (χ4n) is 1.59. The Morgan fingerprint density at radius 1 is 1.28 bits per heavy atom. The van der Waals surface area contributed by atoms with Gasteiger partial charge >= 0.3 is 0 Å². The minimum atomic E-state index is -0.565. The first-order valence-electron chi connectivity index (χ1n) is 5.48. The number of hydrogen-bond donors (Lipinski definition) is 1. The van der Waals surface area contributed by atoms with E-state index < -0.39 is 11.6 Å². The van der Waals surface area contributed by atoms with Crippen molar-refractivity contribution >= 4 is 23.1 Å². The van der Waals surface area contributed by atoms with Gasteiger partial charge in [-0.2, -0.15) is 0 Å². The van der Waals surface area contributed by atoms with Crippen LogP contribution in [-0.4, -0.2) is 6.04 Å². The maximum absolute atomic E-state index is 13.6. The molecule has 0 saturated heterocycles. The molecule has 2 atom stereocenters. The van der Waals surface area contributed by atoms with E-state index in [1.165, 1.54) is 23.9 Å². The number of halogens is 2. The summed E-state index contributed by atoms with van der Waals surface area (Å²) < 4.78 is 26.5. The highest BCUT2D eigenvalue weighted by Gasteiger charge is 2.20. The molecule has 0 amide bonds. The van der Waals surface area contributed by atoms with Crippen LogP contribution in [0.15, 0.2) is 40.6 Å². The second kappa shape index (κ2) is 5.82. The molecule has 0 aliphatic heterocycles. The van der Waals surface area contributed by atoms with Gasteiger partial charge in [0.15, 0.2) is 0 Å². The summed E-state index contributed by atoms with van der Waals surface area (Å²) in [4.78, 5) is 1.52. The lowest BCUT2D eigenvalue weighted by Gasteiger charge is -2.19. The molecule has 96 valence electrons. The molecule has 0 spiro atoms. The van der Waals surface area contributed by atoms with Gasteiger partial charge in [-0.25, -0.2) is 8.78 Å². The minimum Gasteiger partial charge on any atom is -0.327 e. The molecule has 2 rings (SSSR count). The molecule has 0 bridgehead atoms. The van der Waals surface area contributed by atoms with Gasteiger partial charge in [-0.15, -0.1) is 23.1 Å². The summed E-state index contributed by atoms with van der Waals surface area (Å²) in [6, 6.07) is 7.42. The quantitative estimate of drug-likeness (QED) is 0.852. The van der Waals surface area contributed by atoms with Gasteiger partial charge in [0, 0.05) is 21.9 Å². The van der Waals surface area contributed by atoms with Crippen molar-refractivity contribution in [1.82, 2.24) is 0 Å². The summed E-state index contributed by atoms with van der Waals surface area (Å²) in [5.74, 6) is -1.10. The molecule has 2 aromatic rings. The number of hydrogen-bond acceptors (Lipinski definition) is 3. The fourth-order valence-corrected chi connectivity index (χ4v) is 3.72. The molecule has 2 N–H and O–H groups in total. The first-order chi connectivity index (χ1) is 8.58. The van der Waals surface area contributed by atoms with Crippen molar-refractivity contribution in [1.29, 1.82) is 0 Å². The molecule has 5 heteroatoms. The van der Waals surface area contributed by atoms with Gasteiger partial charge in [-0.05, 0) is 30.5 Å². The van der Waals surface area contributed by atoms with Crippen LogP contribution in [0.1, 0.15) is 17.1 Å². The van der Waals surface area contributed by atoms with Crippen molar-refractivity contribution in [3.8, 4) is 0 Å². The molecule has 1 heterocycles. The third kappa shape index (κ3) is 3.10. The number of nitrogens with two attached hydrogens (primary N) is 1. The Balaban J connectivity index is 2.24. The lowest BCUT2D eigenvalue weighted by Crippen LogP contribution is -2.21. The zero-order valence-electron chi connectivity index (χ0n) is 9.77. The average Bonchev–Trinajstić information content (AvgIpc) is 2.80. The summed E-state index contributed by atoms with van der Waals surface area (Å²) in [6.07, 6.45) is 0. The van der Waals surface area contributed by atoms with E-state index in [-0.39, 0.29) is 11.3 Å². The first-order valence-corrected chi connectivity index (χ1v) is 7.24. The fraction of sp³-hybridized carbons (Fsp3) is 0.231. The SMILES string of the molecule is CC(N)C(Sc1ccc(F)cc1F)c1cccs1. The highest BCUT2D eigenvalue weighted by atomic mass is 32.2. The van der Waals surface area contributed by atoms with Crippen molar-refractivity contribution in [3.63, 3.8) is 0 Å². The first kappa shape index (κ1) is 13.5. The van der Waals surface area contributed by atoms with Gasteiger partial charge in [0.05, 0.1) is 5.25 Å². The molecule has 0 radical (unpaired) electrons. The van der Waals surface area contributed by atoms with E-state index in [1.54, 1.807) is 11.3 Å². The maximum Gasteiger partial charge on any atom is 0.139 e. The molecule has 0 saturated carbocycles. The number of thiophene rings is 1. The molecule has 18 heavy (non-hydrogen) atoms. The molecule has 1 aromatic carbocycles. The van der Waals surface area contributed by atoms with Gasteiger partial charge in [-0.1, -0.05) is 6.07 Å². The minimum absolute atomic E-state index is 0.0232. The van der Waals surface area contributed by atoms with Crippen molar-refractivity contribution in [2.45, 2.75) is 23.1 Å². The number of thioether (sulfide) groups is 1. The third-order valence-corrected chi connectivity index (χ3v) is 5.08. The van der Waals surface area contributed by atoms with E-state index in [0.717, 1.165) is 10.9 Å². The lowest BCUT2D eigenvalue weighted by atomic mass is 10.2. The zero-order valence-corrected chi connectivity index (χ0v) is 11.4.